The topological polar surface area (TPSA) is 130 Å². The van der Waals surface area contributed by atoms with Crippen LogP contribution in [0.3, 0.4) is 0 Å². The number of nitrogens with zero attached hydrogens (tertiary/aromatic N) is 1. The van der Waals surface area contributed by atoms with Crippen LogP contribution in [0, 0.1) is 0 Å². The zero-order valence-electron chi connectivity index (χ0n) is 24.0. The third-order valence-corrected chi connectivity index (χ3v) is 6.99. The van der Waals surface area contributed by atoms with Crippen LogP contribution in [-0.4, -0.2) is 51.2 Å². The van der Waals surface area contributed by atoms with Crippen LogP contribution in [0.15, 0.2) is 84.0 Å². The number of rotatable bonds is 9. The molecule has 0 aliphatic carbocycles. The molecule has 0 saturated carbocycles. The number of benzene rings is 4. The number of amides is 1. The van der Waals surface area contributed by atoms with Gasteiger partial charge in [-0.3, -0.25) is 4.79 Å². The summed E-state index contributed by atoms with van der Waals surface area (Å²) >= 11 is 0. The van der Waals surface area contributed by atoms with Crippen LogP contribution in [0.1, 0.15) is 26.4 Å². The summed E-state index contributed by atoms with van der Waals surface area (Å²) in [6, 6.07) is 22.8. The van der Waals surface area contributed by atoms with Gasteiger partial charge in [0, 0.05) is 5.56 Å². The lowest BCUT2D eigenvalue weighted by atomic mass is 10.0. The molecule has 5 aromatic rings. The van der Waals surface area contributed by atoms with E-state index < -0.39 is 11.9 Å². The number of carbonyl (C=O) groups is 2. The molecule has 1 aliphatic rings. The number of esters is 1. The minimum absolute atomic E-state index is 0.102. The first-order valence-corrected chi connectivity index (χ1v) is 13.5. The van der Waals surface area contributed by atoms with Gasteiger partial charge in [0.1, 0.15) is 17.2 Å². The van der Waals surface area contributed by atoms with Crippen LogP contribution in [-0.2, 0) is 0 Å². The van der Waals surface area contributed by atoms with Gasteiger partial charge in [-0.25, -0.2) is 10.2 Å². The monoisotopic (exact) mass is 593 g/mol. The second-order valence-corrected chi connectivity index (χ2v) is 9.53. The van der Waals surface area contributed by atoms with E-state index in [9.17, 15) is 9.59 Å². The average molecular weight is 594 g/mol. The Balaban J connectivity index is 1.23. The summed E-state index contributed by atoms with van der Waals surface area (Å²) in [7, 11) is 4.59. The Kier molecular flexibility index (Phi) is 7.75. The van der Waals surface area contributed by atoms with Crippen molar-refractivity contribution in [2.24, 2.45) is 5.10 Å². The number of hydrogen-bond donors (Lipinski definition) is 2. The maximum atomic E-state index is 13.5. The smallest absolute Gasteiger partial charge is 0.343 e. The first-order valence-electron chi connectivity index (χ1n) is 13.5. The van der Waals surface area contributed by atoms with Gasteiger partial charge < -0.3 is 33.4 Å². The Morgan fingerprint density at radius 1 is 0.818 bits per heavy atom. The van der Waals surface area contributed by atoms with Gasteiger partial charge in [0.2, 0.25) is 6.79 Å². The van der Waals surface area contributed by atoms with Gasteiger partial charge in [-0.05, 0) is 59.7 Å². The number of aromatic nitrogens is 1. The zero-order chi connectivity index (χ0) is 30.6. The van der Waals surface area contributed by atoms with Crippen LogP contribution < -0.4 is 33.8 Å². The summed E-state index contributed by atoms with van der Waals surface area (Å²) < 4.78 is 32.8. The van der Waals surface area contributed by atoms with Gasteiger partial charge in [0.05, 0.1) is 44.0 Å². The molecule has 2 N–H and O–H groups in total. The molecule has 6 rings (SSSR count). The third kappa shape index (κ3) is 5.34. The number of hydrazone groups is 1. The SMILES string of the molecule is COc1cc(C=NNC(=O)c2[nH]c3c(OC)ccc(OC)c3c2-c2ccccc2)ccc1OC(=O)c1ccc2c(c1)OCO2. The van der Waals surface area contributed by atoms with E-state index in [0.29, 0.717) is 56.3 Å². The predicted molar refractivity (Wildman–Crippen MR) is 162 cm³/mol. The molecule has 0 bridgehead atoms. The van der Waals surface area contributed by atoms with Crippen molar-refractivity contribution in [1.29, 1.82) is 0 Å². The molecule has 0 fully saturated rings. The molecule has 1 amide bonds. The molecule has 1 aromatic heterocycles. The second kappa shape index (κ2) is 12.1. The molecule has 0 radical (unpaired) electrons. The Hall–Kier alpha value is -5.97. The molecule has 0 saturated heterocycles. The maximum absolute atomic E-state index is 13.5. The van der Waals surface area contributed by atoms with Gasteiger partial charge >= 0.3 is 5.97 Å². The van der Waals surface area contributed by atoms with E-state index in [0.717, 1.165) is 5.56 Å². The molecule has 0 unspecified atom stereocenters. The van der Waals surface area contributed by atoms with Crippen molar-refractivity contribution in [1.82, 2.24) is 10.4 Å². The van der Waals surface area contributed by atoms with Gasteiger partial charge in [0.15, 0.2) is 23.0 Å². The van der Waals surface area contributed by atoms with E-state index in [1.54, 1.807) is 62.8 Å². The number of methoxy groups -OCH3 is 3. The van der Waals surface area contributed by atoms with Gasteiger partial charge in [0.25, 0.3) is 5.91 Å². The first-order chi connectivity index (χ1) is 21.5. The van der Waals surface area contributed by atoms with Gasteiger partial charge in [-0.15, -0.1) is 0 Å². The first kappa shape index (κ1) is 28.2. The zero-order valence-corrected chi connectivity index (χ0v) is 24.0. The van der Waals surface area contributed by atoms with E-state index >= 15 is 0 Å². The molecular formula is C33H27N3O8. The third-order valence-electron chi connectivity index (χ3n) is 6.99. The normalized spacial score (nSPS) is 11.9. The van der Waals surface area contributed by atoms with E-state index in [4.69, 9.17) is 28.4 Å². The van der Waals surface area contributed by atoms with Crippen molar-refractivity contribution < 1.29 is 38.0 Å². The number of carbonyl (C=O) groups excluding carboxylic acids is 2. The average Bonchev–Trinajstić information content (AvgIpc) is 3.70. The van der Waals surface area contributed by atoms with Crippen molar-refractivity contribution in [2.45, 2.75) is 0 Å². The summed E-state index contributed by atoms with van der Waals surface area (Å²) in [5, 5.41) is 4.87. The van der Waals surface area contributed by atoms with Crippen LogP contribution in [0.5, 0.6) is 34.5 Å². The molecular weight excluding hydrogens is 566 g/mol. The Labute approximate surface area is 251 Å². The molecule has 2 heterocycles. The highest BCUT2D eigenvalue weighted by atomic mass is 16.7. The van der Waals surface area contributed by atoms with E-state index in [1.807, 2.05) is 30.3 Å². The van der Waals surface area contributed by atoms with Crippen LogP contribution in [0.25, 0.3) is 22.0 Å². The molecule has 222 valence electrons. The highest BCUT2D eigenvalue weighted by molar-refractivity contribution is 6.13. The van der Waals surface area contributed by atoms with Crippen LogP contribution in [0.2, 0.25) is 0 Å². The second-order valence-electron chi connectivity index (χ2n) is 9.53. The number of ether oxygens (including phenoxy) is 6. The minimum atomic E-state index is -0.587. The summed E-state index contributed by atoms with van der Waals surface area (Å²) in [5.74, 6) is 1.65. The fourth-order valence-electron chi connectivity index (χ4n) is 4.91. The minimum Gasteiger partial charge on any atom is -0.496 e. The highest BCUT2D eigenvalue weighted by Crippen LogP contribution is 2.42. The number of aromatic amines is 1. The Bertz CT molecular complexity index is 1900. The Morgan fingerprint density at radius 2 is 1.55 bits per heavy atom. The Morgan fingerprint density at radius 3 is 2.32 bits per heavy atom. The van der Waals surface area contributed by atoms with E-state index in [2.05, 4.69) is 15.5 Å². The number of fused-ring (bicyclic) bond motifs is 2. The number of nitrogens with one attached hydrogen (secondary N) is 2. The van der Waals surface area contributed by atoms with Crippen LogP contribution in [0.4, 0.5) is 0 Å². The van der Waals surface area contributed by atoms with Crippen LogP contribution >= 0.6 is 0 Å². The summed E-state index contributed by atoms with van der Waals surface area (Å²) in [6.45, 7) is 0.102. The van der Waals surface area contributed by atoms with E-state index in [-0.39, 0.29) is 18.2 Å². The van der Waals surface area contributed by atoms with Crippen molar-refractivity contribution in [3.8, 4) is 45.6 Å². The van der Waals surface area contributed by atoms with E-state index in [1.165, 1.54) is 13.3 Å². The van der Waals surface area contributed by atoms with Gasteiger partial charge in [-0.2, -0.15) is 5.10 Å². The van der Waals surface area contributed by atoms with Crippen molar-refractivity contribution in [2.75, 3.05) is 28.1 Å². The molecule has 0 spiro atoms. The largest absolute Gasteiger partial charge is 0.496 e. The lowest BCUT2D eigenvalue weighted by molar-refractivity contribution is 0.0729. The molecule has 4 aromatic carbocycles. The maximum Gasteiger partial charge on any atom is 0.343 e. The summed E-state index contributed by atoms with van der Waals surface area (Å²) in [4.78, 5) is 29.4. The molecule has 11 heteroatoms. The lowest BCUT2D eigenvalue weighted by Crippen LogP contribution is -2.19. The van der Waals surface area contributed by atoms with Crippen molar-refractivity contribution in [3.05, 3.63) is 95.7 Å². The van der Waals surface area contributed by atoms with Crippen molar-refractivity contribution in [3.63, 3.8) is 0 Å². The summed E-state index contributed by atoms with van der Waals surface area (Å²) in [6.07, 6.45) is 1.45. The number of H-pyrrole nitrogens is 1. The van der Waals surface area contributed by atoms with Gasteiger partial charge in [-0.1, -0.05) is 30.3 Å². The lowest BCUT2D eigenvalue weighted by Gasteiger charge is -2.10. The molecule has 44 heavy (non-hydrogen) atoms. The molecule has 0 atom stereocenters. The highest BCUT2D eigenvalue weighted by Gasteiger charge is 2.24. The summed E-state index contributed by atoms with van der Waals surface area (Å²) in [5.41, 5.74) is 5.85. The standard InChI is InChI=1S/C33H27N3O8/c1-39-24-13-14-25(40-2)30-29(24)28(20-7-5-4-6-8-20)31(35-30)32(37)36-34-17-19-9-11-23(26(15-19)41-3)44-33(38)21-10-12-22-27(16-21)43-18-42-22/h4-17,35H,18H2,1-3H3,(H,36,37). The predicted octanol–water partition coefficient (Wildman–Crippen LogP) is 5.57. The molecule has 11 nitrogen and oxygen atoms in total. The van der Waals surface area contributed by atoms with Crippen molar-refractivity contribution >= 4 is 29.0 Å². The number of hydrogen-bond acceptors (Lipinski definition) is 9. The quantitative estimate of drug-likeness (QED) is 0.0982. The fraction of sp³-hybridized carbons (Fsp3) is 0.121. The molecule has 1 aliphatic heterocycles. The fourth-order valence-corrected chi connectivity index (χ4v) is 4.91.